The Hall–Kier alpha value is -1.33. The number of hydrogen-bond donors (Lipinski definition) is 1. The number of piperazine rings is 1. The SMILES string of the molecule is CCCn1c(C)cc(=O)c(O)c1CN1CCN(CC)CC1. The molecule has 118 valence electrons. The maximum Gasteiger partial charge on any atom is 0.223 e. The summed E-state index contributed by atoms with van der Waals surface area (Å²) in [6, 6.07) is 1.53. The first-order chi connectivity index (χ1) is 10.1. The lowest BCUT2D eigenvalue weighted by Gasteiger charge is -2.34. The van der Waals surface area contributed by atoms with Gasteiger partial charge < -0.3 is 14.6 Å². The van der Waals surface area contributed by atoms with Gasteiger partial charge in [-0.2, -0.15) is 0 Å². The summed E-state index contributed by atoms with van der Waals surface area (Å²) in [4.78, 5) is 16.6. The lowest BCUT2D eigenvalue weighted by molar-refractivity contribution is 0.128. The highest BCUT2D eigenvalue weighted by Gasteiger charge is 2.20. The van der Waals surface area contributed by atoms with E-state index in [0.717, 1.165) is 57.1 Å². The van der Waals surface area contributed by atoms with Crippen molar-refractivity contribution in [1.29, 1.82) is 0 Å². The van der Waals surface area contributed by atoms with Crippen LogP contribution in [0.4, 0.5) is 0 Å². The summed E-state index contributed by atoms with van der Waals surface area (Å²) >= 11 is 0. The number of aryl methyl sites for hydroxylation is 1. The fourth-order valence-electron chi connectivity index (χ4n) is 2.99. The van der Waals surface area contributed by atoms with Gasteiger partial charge in [0.05, 0.1) is 5.69 Å². The Morgan fingerprint density at radius 3 is 2.33 bits per heavy atom. The van der Waals surface area contributed by atoms with Gasteiger partial charge in [0.25, 0.3) is 0 Å². The summed E-state index contributed by atoms with van der Waals surface area (Å²) in [6.07, 6.45) is 0.986. The second-order valence-electron chi connectivity index (χ2n) is 5.81. The molecule has 1 N–H and O–H groups in total. The maximum atomic E-state index is 11.9. The molecular weight excluding hydrogens is 266 g/mol. The lowest BCUT2D eigenvalue weighted by Crippen LogP contribution is -2.46. The molecule has 0 aromatic carbocycles. The van der Waals surface area contributed by atoms with Crippen LogP contribution in [-0.4, -0.2) is 52.2 Å². The fourth-order valence-corrected chi connectivity index (χ4v) is 2.99. The van der Waals surface area contributed by atoms with Gasteiger partial charge in [0.1, 0.15) is 0 Å². The van der Waals surface area contributed by atoms with E-state index in [-0.39, 0.29) is 11.2 Å². The normalized spacial score (nSPS) is 17.3. The molecule has 0 unspecified atom stereocenters. The van der Waals surface area contributed by atoms with Crippen LogP contribution in [-0.2, 0) is 13.1 Å². The molecule has 0 amide bonds. The van der Waals surface area contributed by atoms with Gasteiger partial charge in [-0.15, -0.1) is 0 Å². The highest BCUT2D eigenvalue weighted by atomic mass is 16.3. The summed E-state index contributed by atoms with van der Waals surface area (Å²) in [5.74, 6) is -0.0769. The Morgan fingerprint density at radius 1 is 1.14 bits per heavy atom. The van der Waals surface area contributed by atoms with Crippen LogP contribution in [0.3, 0.4) is 0 Å². The number of aromatic hydroxyl groups is 1. The number of pyridine rings is 1. The van der Waals surface area contributed by atoms with Crippen molar-refractivity contribution in [1.82, 2.24) is 14.4 Å². The van der Waals surface area contributed by atoms with Crippen molar-refractivity contribution in [3.05, 3.63) is 27.7 Å². The monoisotopic (exact) mass is 293 g/mol. The highest BCUT2D eigenvalue weighted by molar-refractivity contribution is 5.29. The largest absolute Gasteiger partial charge is 0.503 e. The summed E-state index contributed by atoms with van der Waals surface area (Å²) < 4.78 is 2.09. The molecule has 2 rings (SSSR count). The van der Waals surface area contributed by atoms with E-state index in [1.165, 1.54) is 6.07 Å². The van der Waals surface area contributed by atoms with Gasteiger partial charge in [0.15, 0.2) is 5.75 Å². The van der Waals surface area contributed by atoms with Crippen LogP contribution in [0.15, 0.2) is 10.9 Å². The number of hydrogen-bond acceptors (Lipinski definition) is 4. The van der Waals surface area contributed by atoms with Gasteiger partial charge in [0.2, 0.25) is 5.43 Å². The third kappa shape index (κ3) is 3.66. The molecule has 1 aliphatic heterocycles. The van der Waals surface area contributed by atoms with E-state index >= 15 is 0 Å². The zero-order valence-corrected chi connectivity index (χ0v) is 13.4. The van der Waals surface area contributed by atoms with Crippen molar-refractivity contribution in [3.63, 3.8) is 0 Å². The Labute approximate surface area is 126 Å². The van der Waals surface area contributed by atoms with E-state index in [9.17, 15) is 9.90 Å². The molecule has 0 saturated carbocycles. The Balaban J connectivity index is 2.20. The van der Waals surface area contributed by atoms with E-state index < -0.39 is 0 Å². The average molecular weight is 293 g/mol. The molecule has 0 aliphatic carbocycles. The van der Waals surface area contributed by atoms with E-state index in [0.29, 0.717) is 6.54 Å². The van der Waals surface area contributed by atoms with Crippen molar-refractivity contribution < 1.29 is 5.11 Å². The zero-order valence-electron chi connectivity index (χ0n) is 13.4. The number of rotatable bonds is 5. The molecular formula is C16H27N3O2. The smallest absolute Gasteiger partial charge is 0.223 e. The predicted molar refractivity (Wildman–Crippen MR) is 84.8 cm³/mol. The van der Waals surface area contributed by atoms with Gasteiger partial charge in [-0.25, -0.2) is 0 Å². The molecule has 21 heavy (non-hydrogen) atoms. The van der Waals surface area contributed by atoms with Crippen LogP contribution >= 0.6 is 0 Å². The van der Waals surface area contributed by atoms with E-state index in [1.807, 2.05) is 6.92 Å². The minimum atomic E-state index is -0.262. The molecule has 0 spiro atoms. The fraction of sp³-hybridized carbons (Fsp3) is 0.688. The summed E-state index contributed by atoms with van der Waals surface area (Å²) in [6.45, 7) is 12.9. The number of aromatic nitrogens is 1. The second-order valence-corrected chi connectivity index (χ2v) is 5.81. The maximum absolute atomic E-state index is 11.9. The first-order valence-corrected chi connectivity index (χ1v) is 7.93. The van der Waals surface area contributed by atoms with Crippen LogP contribution in [0.1, 0.15) is 31.7 Å². The molecule has 2 heterocycles. The average Bonchev–Trinajstić information content (AvgIpc) is 2.49. The van der Waals surface area contributed by atoms with Crippen molar-refractivity contribution in [2.45, 2.75) is 40.3 Å². The van der Waals surface area contributed by atoms with E-state index in [1.54, 1.807) is 0 Å². The van der Waals surface area contributed by atoms with Crippen LogP contribution in [0.5, 0.6) is 5.75 Å². The van der Waals surface area contributed by atoms with Crippen LogP contribution in [0.25, 0.3) is 0 Å². The topological polar surface area (TPSA) is 48.7 Å². The minimum absolute atomic E-state index is 0.0769. The molecule has 0 bridgehead atoms. The van der Waals surface area contributed by atoms with Crippen molar-refractivity contribution in [2.75, 3.05) is 32.7 Å². The standard InChI is InChI=1S/C16H27N3O2/c1-4-6-19-13(3)11-15(20)16(21)14(19)12-18-9-7-17(5-2)8-10-18/h11,21H,4-10,12H2,1-3H3. The zero-order chi connectivity index (χ0) is 15.4. The third-order valence-corrected chi connectivity index (χ3v) is 4.33. The molecule has 1 fully saturated rings. The molecule has 1 aromatic rings. The van der Waals surface area contributed by atoms with Crippen molar-refractivity contribution >= 4 is 0 Å². The molecule has 1 aromatic heterocycles. The molecule has 0 atom stereocenters. The summed E-state index contributed by atoms with van der Waals surface area (Å²) in [5, 5.41) is 10.2. The van der Waals surface area contributed by atoms with Gasteiger partial charge in [0, 0.05) is 51.0 Å². The van der Waals surface area contributed by atoms with Gasteiger partial charge in [-0.1, -0.05) is 13.8 Å². The third-order valence-electron chi connectivity index (χ3n) is 4.33. The molecule has 0 radical (unpaired) electrons. The predicted octanol–water partition coefficient (Wildman–Crippen LogP) is 1.41. The molecule has 5 nitrogen and oxygen atoms in total. The molecule has 1 saturated heterocycles. The Morgan fingerprint density at radius 2 is 1.76 bits per heavy atom. The van der Waals surface area contributed by atoms with Crippen LogP contribution < -0.4 is 5.43 Å². The Kier molecular flexibility index (Phi) is 5.42. The second kappa shape index (κ2) is 7.09. The van der Waals surface area contributed by atoms with Gasteiger partial charge >= 0.3 is 0 Å². The quantitative estimate of drug-likeness (QED) is 0.892. The Bertz CT molecular complexity index is 531. The van der Waals surface area contributed by atoms with E-state index in [2.05, 4.69) is 28.2 Å². The highest BCUT2D eigenvalue weighted by Crippen LogP contribution is 2.18. The van der Waals surface area contributed by atoms with Gasteiger partial charge in [-0.05, 0) is 19.9 Å². The van der Waals surface area contributed by atoms with Crippen molar-refractivity contribution in [2.24, 2.45) is 0 Å². The van der Waals surface area contributed by atoms with Crippen LogP contribution in [0, 0.1) is 6.92 Å². The summed E-state index contributed by atoms with van der Waals surface area (Å²) in [5.41, 5.74) is 1.44. The lowest BCUT2D eigenvalue weighted by atomic mass is 10.2. The first-order valence-electron chi connectivity index (χ1n) is 7.93. The first kappa shape index (κ1) is 16.0. The molecule has 5 heteroatoms. The number of nitrogens with zero attached hydrogens (tertiary/aromatic N) is 3. The molecule has 1 aliphatic rings. The van der Waals surface area contributed by atoms with Gasteiger partial charge in [-0.3, -0.25) is 9.69 Å². The van der Waals surface area contributed by atoms with Crippen LogP contribution in [0.2, 0.25) is 0 Å². The summed E-state index contributed by atoms with van der Waals surface area (Å²) in [7, 11) is 0. The minimum Gasteiger partial charge on any atom is -0.503 e. The van der Waals surface area contributed by atoms with E-state index in [4.69, 9.17) is 0 Å². The number of likely N-dealkylation sites (N-methyl/N-ethyl adjacent to an activating group) is 1. The van der Waals surface area contributed by atoms with Crippen molar-refractivity contribution in [3.8, 4) is 5.75 Å².